The van der Waals surface area contributed by atoms with Crippen LogP contribution in [0.4, 0.5) is 0 Å². The van der Waals surface area contributed by atoms with E-state index in [2.05, 4.69) is 71.4 Å². The van der Waals surface area contributed by atoms with E-state index in [4.69, 9.17) is 9.72 Å². The van der Waals surface area contributed by atoms with Crippen LogP contribution in [0.2, 0.25) is 0 Å². The average Bonchev–Trinajstić information content (AvgIpc) is 3.62. The number of aromatic nitrogens is 2. The minimum atomic E-state index is 0.438. The molecule has 0 saturated heterocycles. The maximum atomic E-state index is 6.04. The maximum Gasteiger partial charge on any atom is 0.138 e. The molecule has 0 amide bonds. The van der Waals surface area contributed by atoms with E-state index in [1.807, 2.05) is 71.9 Å². The predicted molar refractivity (Wildman–Crippen MR) is 151 cm³/mol. The van der Waals surface area contributed by atoms with Gasteiger partial charge in [-0.1, -0.05) is 84.9 Å². The molecule has 2 heterocycles. The van der Waals surface area contributed by atoms with Crippen molar-refractivity contribution in [3.8, 4) is 39.7 Å². The number of hydrogen-bond acceptors (Lipinski definition) is 5. The van der Waals surface area contributed by atoms with Crippen molar-refractivity contribution in [1.29, 1.82) is 0 Å². The molecule has 6 nitrogen and oxygen atoms in total. The summed E-state index contributed by atoms with van der Waals surface area (Å²) in [5, 5.41) is 2.02. The van der Waals surface area contributed by atoms with E-state index in [9.17, 15) is 0 Å². The largest absolute Gasteiger partial charge is 0.487 e. The number of nitrogens with one attached hydrogen (secondary N) is 3. The average molecular weight is 500 g/mol. The lowest BCUT2D eigenvalue weighted by Crippen LogP contribution is -2.36. The molecule has 0 fully saturated rings. The second-order valence-corrected chi connectivity index (χ2v) is 9.30. The van der Waals surface area contributed by atoms with Gasteiger partial charge in [0.1, 0.15) is 18.2 Å². The number of ether oxygens (including phenoxy) is 1. The van der Waals surface area contributed by atoms with Crippen LogP contribution in [0.1, 0.15) is 11.1 Å². The van der Waals surface area contributed by atoms with Crippen LogP contribution in [0.5, 0.6) is 5.75 Å². The number of hydrogen-bond donors (Lipinski definition) is 3. The third-order valence-corrected chi connectivity index (χ3v) is 6.61. The summed E-state index contributed by atoms with van der Waals surface area (Å²) in [5.41, 5.74) is 15.0. The molecule has 5 aromatic rings. The van der Waals surface area contributed by atoms with E-state index < -0.39 is 0 Å². The topological polar surface area (TPSA) is 65.2 Å². The molecule has 0 atom stereocenters. The lowest BCUT2D eigenvalue weighted by Gasteiger charge is -2.16. The van der Waals surface area contributed by atoms with Gasteiger partial charge in [0.05, 0.1) is 23.6 Å². The zero-order chi connectivity index (χ0) is 25.7. The summed E-state index contributed by atoms with van der Waals surface area (Å²) in [4.78, 5) is 8.54. The third-order valence-electron chi connectivity index (χ3n) is 6.61. The molecule has 3 N–H and O–H groups in total. The number of imidazole rings is 1. The fourth-order valence-electron chi connectivity index (χ4n) is 4.52. The zero-order valence-corrected chi connectivity index (χ0v) is 21.2. The molecule has 6 heteroatoms. The number of rotatable bonds is 8. The van der Waals surface area contributed by atoms with Crippen molar-refractivity contribution in [2.45, 2.75) is 13.5 Å². The van der Waals surface area contributed by atoms with E-state index in [1.54, 1.807) is 0 Å². The lowest BCUT2D eigenvalue weighted by molar-refractivity contribution is 0.259. The number of H-pyrrole nitrogens is 1. The van der Waals surface area contributed by atoms with Crippen LogP contribution >= 0.6 is 0 Å². The van der Waals surface area contributed by atoms with E-state index in [0.717, 1.165) is 51.9 Å². The minimum absolute atomic E-state index is 0.438. The Balaban J connectivity index is 1.15. The zero-order valence-electron chi connectivity index (χ0n) is 21.2. The number of aromatic amines is 1. The molecule has 0 aliphatic carbocycles. The van der Waals surface area contributed by atoms with Crippen LogP contribution in [0, 0.1) is 6.92 Å². The van der Waals surface area contributed by atoms with Gasteiger partial charge in [0.15, 0.2) is 0 Å². The Morgan fingerprint density at radius 1 is 0.737 bits per heavy atom. The Morgan fingerprint density at radius 2 is 1.42 bits per heavy atom. The number of nitrogens with zero attached hydrogens (tertiary/aromatic N) is 2. The fourth-order valence-corrected chi connectivity index (χ4v) is 4.52. The molecule has 4 aromatic carbocycles. The Hall–Kier alpha value is -4.81. The van der Waals surface area contributed by atoms with Crippen molar-refractivity contribution >= 4 is 0 Å². The lowest BCUT2D eigenvalue weighted by atomic mass is 10.1. The summed E-state index contributed by atoms with van der Waals surface area (Å²) in [6.07, 6.45) is 2.04. The Morgan fingerprint density at radius 3 is 2.16 bits per heavy atom. The molecule has 0 radical (unpaired) electrons. The van der Waals surface area contributed by atoms with Gasteiger partial charge in [0.25, 0.3) is 0 Å². The molecule has 0 bridgehead atoms. The standard InChI is InChI=1S/C32H29N5O/c1-23-10-8-9-15-27(23)20-37-21-28(35-36-37)22-38-29-18-16-26(17-19-29)32-33-30(24-11-4-2-5-12-24)31(34-32)25-13-6-3-7-14-25/h2-19,21,35-36H,20,22H2,1H3,(H,33,34). The molecule has 6 rings (SSSR count). The molecule has 1 aliphatic heterocycles. The van der Waals surface area contributed by atoms with Gasteiger partial charge < -0.3 is 15.1 Å². The van der Waals surface area contributed by atoms with Crippen LogP contribution in [0.15, 0.2) is 121 Å². The van der Waals surface area contributed by atoms with Gasteiger partial charge in [-0.2, -0.15) is 0 Å². The first kappa shape index (κ1) is 23.6. The van der Waals surface area contributed by atoms with Crippen molar-refractivity contribution in [3.63, 3.8) is 0 Å². The molecular weight excluding hydrogens is 470 g/mol. The summed E-state index contributed by atoms with van der Waals surface area (Å²) >= 11 is 0. The molecule has 0 spiro atoms. The Kier molecular flexibility index (Phi) is 6.62. The highest BCUT2D eigenvalue weighted by atomic mass is 16.5. The second-order valence-electron chi connectivity index (χ2n) is 9.30. The van der Waals surface area contributed by atoms with Crippen LogP contribution in [-0.2, 0) is 6.54 Å². The number of aryl methyl sites for hydroxylation is 1. The normalized spacial score (nSPS) is 12.8. The van der Waals surface area contributed by atoms with Crippen LogP contribution in [0.25, 0.3) is 33.9 Å². The molecule has 0 saturated carbocycles. The predicted octanol–water partition coefficient (Wildman–Crippen LogP) is 6.46. The van der Waals surface area contributed by atoms with Gasteiger partial charge in [-0.3, -0.25) is 5.01 Å². The summed E-state index contributed by atoms with van der Waals surface area (Å²) in [7, 11) is 0. The summed E-state index contributed by atoms with van der Waals surface area (Å²) in [6, 6.07) is 37.0. The second kappa shape index (κ2) is 10.7. The van der Waals surface area contributed by atoms with Gasteiger partial charge in [-0.15, -0.1) is 5.53 Å². The molecule has 1 aromatic heterocycles. The van der Waals surface area contributed by atoms with E-state index in [0.29, 0.717) is 6.61 Å². The van der Waals surface area contributed by atoms with Gasteiger partial charge in [0, 0.05) is 22.9 Å². The highest BCUT2D eigenvalue weighted by Gasteiger charge is 2.16. The van der Waals surface area contributed by atoms with Gasteiger partial charge in [-0.25, -0.2) is 4.98 Å². The van der Waals surface area contributed by atoms with Crippen molar-refractivity contribution in [3.05, 3.63) is 132 Å². The van der Waals surface area contributed by atoms with E-state index >= 15 is 0 Å². The van der Waals surface area contributed by atoms with Crippen molar-refractivity contribution in [1.82, 2.24) is 25.9 Å². The maximum absolute atomic E-state index is 6.04. The molecule has 1 aliphatic rings. The Bertz CT molecular complexity index is 1490. The number of hydrazine groups is 2. The molecular formula is C32H29N5O. The van der Waals surface area contributed by atoms with Crippen LogP contribution < -0.4 is 15.7 Å². The first-order valence-electron chi connectivity index (χ1n) is 12.7. The fraction of sp³-hybridized carbons (Fsp3) is 0.0938. The quantitative estimate of drug-likeness (QED) is 0.229. The van der Waals surface area contributed by atoms with Crippen LogP contribution in [-0.4, -0.2) is 21.6 Å². The van der Waals surface area contributed by atoms with Crippen LogP contribution in [0.3, 0.4) is 0 Å². The molecule has 188 valence electrons. The first-order valence-corrected chi connectivity index (χ1v) is 12.7. The van der Waals surface area contributed by atoms with Gasteiger partial charge in [-0.05, 0) is 42.3 Å². The molecule has 38 heavy (non-hydrogen) atoms. The summed E-state index contributed by atoms with van der Waals surface area (Å²) in [5.74, 6) is 1.62. The van der Waals surface area contributed by atoms with Crippen molar-refractivity contribution in [2.24, 2.45) is 0 Å². The third kappa shape index (κ3) is 5.16. The summed E-state index contributed by atoms with van der Waals surface area (Å²) < 4.78 is 6.04. The summed E-state index contributed by atoms with van der Waals surface area (Å²) in [6.45, 7) is 3.34. The highest BCUT2D eigenvalue weighted by molar-refractivity contribution is 5.81. The monoisotopic (exact) mass is 499 g/mol. The first-order chi connectivity index (χ1) is 18.7. The van der Waals surface area contributed by atoms with E-state index in [1.165, 1.54) is 11.1 Å². The Labute approximate surface area is 222 Å². The van der Waals surface area contributed by atoms with Crippen molar-refractivity contribution < 1.29 is 4.74 Å². The molecule has 0 unspecified atom stereocenters. The van der Waals surface area contributed by atoms with Gasteiger partial charge >= 0.3 is 0 Å². The minimum Gasteiger partial charge on any atom is -0.487 e. The number of benzene rings is 4. The SMILES string of the molecule is Cc1ccccc1CN1C=C(COc2ccc(-c3nc(-c4ccccc4)c(-c4ccccc4)[nH]3)cc2)NN1. The van der Waals surface area contributed by atoms with Gasteiger partial charge in [0.2, 0.25) is 0 Å². The van der Waals surface area contributed by atoms with Crippen molar-refractivity contribution in [2.75, 3.05) is 6.61 Å². The van der Waals surface area contributed by atoms with E-state index in [-0.39, 0.29) is 0 Å². The highest BCUT2D eigenvalue weighted by Crippen LogP contribution is 2.33. The smallest absolute Gasteiger partial charge is 0.138 e.